The predicted octanol–water partition coefficient (Wildman–Crippen LogP) is 2.72. The van der Waals surface area contributed by atoms with Gasteiger partial charge in [-0.25, -0.2) is 4.79 Å². The molecule has 3 saturated heterocycles. The molecule has 2 aromatic carbocycles. The number of anilines is 4. The molecule has 3 aromatic rings. The summed E-state index contributed by atoms with van der Waals surface area (Å²) in [6.45, 7) is 6.66. The van der Waals surface area contributed by atoms with Crippen molar-refractivity contribution in [1.29, 1.82) is 0 Å². The van der Waals surface area contributed by atoms with Crippen LogP contribution in [0.15, 0.2) is 48.5 Å². The summed E-state index contributed by atoms with van der Waals surface area (Å²) >= 11 is 0. The molecule has 0 spiro atoms. The number of benzene rings is 2. The lowest BCUT2D eigenvalue weighted by atomic mass is 10.2. The van der Waals surface area contributed by atoms with Gasteiger partial charge in [0.1, 0.15) is 0 Å². The van der Waals surface area contributed by atoms with E-state index in [0.29, 0.717) is 80.7 Å². The van der Waals surface area contributed by atoms with E-state index in [2.05, 4.69) is 38.0 Å². The van der Waals surface area contributed by atoms with Crippen LogP contribution >= 0.6 is 0 Å². The lowest BCUT2D eigenvalue weighted by Gasteiger charge is -2.36. The maximum absolute atomic E-state index is 12.7. The van der Waals surface area contributed by atoms with E-state index < -0.39 is 6.03 Å². The second-order valence-corrected chi connectivity index (χ2v) is 11.3. The molecular weight excluding hydrogens is 562 g/mol. The number of hydrogen-bond acceptors (Lipinski definition) is 10. The molecule has 232 valence electrons. The van der Waals surface area contributed by atoms with Crippen LogP contribution in [0.4, 0.5) is 28.1 Å². The minimum absolute atomic E-state index is 0.148. The Kier molecular flexibility index (Phi) is 9.15. The van der Waals surface area contributed by atoms with Crippen molar-refractivity contribution in [3.63, 3.8) is 0 Å². The summed E-state index contributed by atoms with van der Waals surface area (Å²) in [5.41, 5.74) is 2.54. The van der Waals surface area contributed by atoms with Crippen LogP contribution in [0.2, 0.25) is 0 Å². The van der Waals surface area contributed by atoms with Crippen molar-refractivity contribution in [1.82, 2.24) is 25.6 Å². The van der Waals surface area contributed by atoms with Crippen molar-refractivity contribution in [2.75, 3.05) is 73.5 Å². The van der Waals surface area contributed by atoms with Crippen LogP contribution < -0.4 is 31.1 Å². The molecule has 44 heavy (non-hydrogen) atoms. The summed E-state index contributed by atoms with van der Waals surface area (Å²) in [5.74, 6) is 1.75. The van der Waals surface area contributed by atoms with E-state index in [9.17, 15) is 9.59 Å². The van der Waals surface area contributed by atoms with Gasteiger partial charge in [-0.3, -0.25) is 4.79 Å². The second-order valence-electron chi connectivity index (χ2n) is 11.3. The first-order chi connectivity index (χ1) is 21.5. The van der Waals surface area contributed by atoms with Crippen molar-refractivity contribution in [3.8, 4) is 11.4 Å². The molecule has 3 aliphatic rings. The van der Waals surface area contributed by atoms with Gasteiger partial charge in [-0.1, -0.05) is 0 Å². The van der Waals surface area contributed by atoms with Gasteiger partial charge in [0.15, 0.2) is 5.82 Å². The number of carbonyl (C=O) groups excluding carboxylic acids is 2. The number of aromatic nitrogens is 3. The van der Waals surface area contributed by atoms with Crippen LogP contribution in [0.5, 0.6) is 0 Å². The fourth-order valence-electron chi connectivity index (χ4n) is 5.81. The number of likely N-dealkylation sites (N-methyl/N-ethyl adjacent to an activating group) is 1. The Morgan fingerprint density at radius 1 is 0.841 bits per heavy atom. The van der Waals surface area contributed by atoms with Crippen LogP contribution in [0.3, 0.4) is 0 Å². The molecule has 3 atom stereocenters. The van der Waals surface area contributed by atoms with Crippen LogP contribution in [-0.2, 0) is 9.47 Å². The molecule has 3 amide bonds. The maximum Gasteiger partial charge on any atom is 0.323 e. The third kappa shape index (κ3) is 6.74. The van der Waals surface area contributed by atoms with Gasteiger partial charge in [0.05, 0.1) is 44.6 Å². The normalized spacial score (nSPS) is 21.2. The fourth-order valence-corrected chi connectivity index (χ4v) is 5.81. The van der Waals surface area contributed by atoms with Crippen molar-refractivity contribution < 1.29 is 19.1 Å². The molecule has 3 aliphatic heterocycles. The third-order valence-corrected chi connectivity index (χ3v) is 8.17. The number of carbonyl (C=O) groups is 2. The molecule has 6 rings (SSSR count). The quantitative estimate of drug-likeness (QED) is 0.270. The number of ether oxygens (including phenoxy) is 2. The summed E-state index contributed by atoms with van der Waals surface area (Å²) in [4.78, 5) is 44.2. The number of hydrogen-bond donors (Lipinski definition) is 4. The van der Waals surface area contributed by atoms with Gasteiger partial charge >= 0.3 is 6.03 Å². The smallest absolute Gasteiger partial charge is 0.323 e. The summed E-state index contributed by atoms with van der Waals surface area (Å²) in [7, 11) is 1.83. The summed E-state index contributed by atoms with van der Waals surface area (Å²) < 4.78 is 11.5. The van der Waals surface area contributed by atoms with Gasteiger partial charge in [-0.2, -0.15) is 15.0 Å². The Hall–Kier alpha value is -4.33. The molecule has 3 fully saturated rings. The minimum atomic E-state index is -0.391. The molecule has 13 heteroatoms. The highest BCUT2D eigenvalue weighted by molar-refractivity contribution is 6.00. The lowest BCUT2D eigenvalue weighted by Crippen LogP contribution is -2.48. The van der Waals surface area contributed by atoms with Gasteiger partial charge < -0.3 is 40.5 Å². The van der Waals surface area contributed by atoms with Crippen molar-refractivity contribution in [2.24, 2.45) is 0 Å². The molecule has 4 N–H and O–H groups in total. The topological polar surface area (TPSA) is 146 Å². The van der Waals surface area contributed by atoms with E-state index in [4.69, 9.17) is 24.4 Å². The second kappa shape index (κ2) is 13.5. The molecule has 13 nitrogen and oxygen atoms in total. The van der Waals surface area contributed by atoms with Gasteiger partial charge in [0.25, 0.3) is 5.91 Å². The standard InChI is InChI=1S/C31H39N9O4/c1-20-17-43-16-15-39(20)29-36-27(37-30(38-29)40-25-11-12-26(40)19-44-18-25)21-3-7-23(8-4-21)34-31(42)35-24-9-5-22(6-10-24)28(41)33-14-13-32-2/h3-10,20,25-26,32H,11-19H2,1-2H3,(H,33,41)(H2,34,35,42). The molecule has 3 unspecified atom stereocenters. The SMILES string of the molecule is CNCCNC(=O)c1ccc(NC(=O)Nc2ccc(-c3nc(N4CCOCC4C)nc(N4C5CCC4COC5)n3)cc2)cc1. The van der Waals surface area contributed by atoms with Crippen LogP contribution in [0.1, 0.15) is 30.1 Å². The highest BCUT2D eigenvalue weighted by atomic mass is 16.5. The summed E-state index contributed by atoms with van der Waals surface area (Å²) in [5, 5.41) is 11.5. The van der Waals surface area contributed by atoms with Crippen molar-refractivity contribution >= 4 is 35.2 Å². The lowest BCUT2D eigenvalue weighted by molar-refractivity contribution is 0.0895. The average molecular weight is 602 g/mol. The Morgan fingerprint density at radius 2 is 1.50 bits per heavy atom. The predicted molar refractivity (Wildman–Crippen MR) is 168 cm³/mol. The zero-order valence-corrected chi connectivity index (χ0v) is 25.1. The molecule has 4 heterocycles. The van der Waals surface area contributed by atoms with Crippen molar-refractivity contribution in [3.05, 3.63) is 54.1 Å². The average Bonchev–Trinajstić information content (AvgIpc) is 3.29. The largest absolute Gasteiger partial charge is 0.377 e. The Bertz CT molecular complexity index is 1440. The molecule has 0 aliphatic carbocycles. The molecule has 0 radical (unpaired) electrons. The van der Waals surface area contributed by atoms with Gasteiger partial charge in [-0.05, 0) is 75.3 Å². The third-order valence-electron chi connectivity index (χ3n) is 8.17. The molecule has 0 saturated carbocycles. The number of rotatable bonds is 9. The highest BCUT2D eigenvalue weighted by Crippen LogP contribution is 2.34. The summed E-state index contributed by atoms with van der Waals surface area (Å²) in [6.07, 6.45) is 2.13. The van der Waals surface area contributed by atoms with E-state index in [1.54, 1.807) is 24.3 Å². The molecule has 1 aromatic heterocycles. The van der Waals surface area contributed by atoms with E-state index in [1.807, 2.05) is 31.3 Å². The molecular formula is C31H39N9O4. The monoisotopic (exact) mass is 601 g/mol. The summed E-state index contributed by atoms with van der Waals surface area (Å²) in [6, 6.07) is 14.5. The number of morpholine rings is 2. The van der Waals surface area contributed by atoms with E-state index in [0.717, 1.165) is 18.4 Å². The maximum atomic E-state index is 12.7. The highest BCUT2D eigenvalue weighted by Gasteiger charge is 2.39. The first-order valence-electron chi connectivity index (χ1n) is 15.2. The van der Waals surface area contributed by atoms with E-state index in [-0.39, 0.29) is 24.0 Å². The minimum Gasteiger partial charge on any atom is -0.377 e. The first kappa shape index (κ1) is 29.7. The first-order valence-corrected chi connectivity index (χ1v) is 15.2. The number of nitrogens with one attached hydrogen (secondary N) is 4. The van der Waals surface area contributed by atoms with Gasteiger partial charge in [0.2, 0.25) is 11.9 Å². The van der Waals surface area contributed by atoms with Crippen LogP contribution in [0, 0.1) is 0 Å². The Labute approximate surface area is 256 Å². The van der Waals surface area contributed by atoms with Gasteiger partial charge in [-0.15, -0.1) is 0 Å². The van der Waals surface area contributed by atoms with Crippen LogP contribution in [0.25, 0.3) is 11.4 Å². The van der Waals surface area contributed by atoms with E-state index >= 15 is 0 Å². The number of urea groups is 1. The fraction of sp³-hybridized carbons (Fsp3) is 0.452. The zero-order valence-electron chi connectivity index (χ0n) is 25.1. The van der Waals surface area contributed by atoms with Gasteiger partial charge in [0, 0.05) is 42.1 Å². The Balaban J connectivity index is 1.15. The number of amides is 3. The van der Waals surface area contributed by atoms with Crippen LogP contribution in [-0.4, -0.2) is 98.1 Å². The zero-order chi connectivity index (χ0) is 30.5. The number of fused-ring (bicyclic) bond motifs is 2. The number of nitrogens with zero attached hydrogens (tertiary/aromatic N) is 5. The Morgan fingerprint density at radius 3 is 2.16 bits per heavy atom. The molecule has 2 bridgehead atoms. The van der Waals surface area contributed by atoms with E-state index in [1.165, 1.54) is 0 Å². The van der Waals surface area contributed by atoms with Crippen molar-refractivity contribution in [2.45, 2.75) is 37.9 Å².